The van der Waals surface area contributed by atoms with E-state index >= 15 is 0 Å². The van der Waals surface area contributed by atoms with Gasteiger partial charge in [0.05, 0.1) is 19.3 Å². The largest absolute Gasteiger partial charge is 0.407 e. The molecule has 1 N–H and O–H groups in total. The van der Waals surface area contributed by atoms with Gasteiger partial charge in [-0.15, -0.1) is 5.10 Å². The van der Waals surface area contributed by atoms with E-state index in [4.69, 9.17) is 13.9 Å². The fourth-order valence-electron chi connectivity index (χ4n) is 2.19. The van der Waals surface area contributed by atoms with Crippen LogP contribution >= 0.6 is 0 Å². The molecular weight excluding hydrogens is 260 g/mol. The number of ether oxygens (including phenoxy) is 2. The first-order chi connectivity index (χ1) is 9.83. The van der Waals surface area contributed by atoms with Crippen LogP contribution in [0, 0.1) is 0 Å². The van der Waals surface area contributed by atoms with Gasteiger partial charge in [0.1, 0.15) is 0 Å². The minimum absolute atomic E-state index is 0.283. The van der Waals surface area contributed by atoms with Crippen LogP contribution in [0.1, 0.15) is 25.7 Å². The van der Waals surface area contributed by atoms with Crippen molar-refractivity contribution in [1.82, 2.24) is 15.5 Å². The van der Waals surface area contributed by atoms with E-state index < -0.39 is 0 Å². The van der Waals surface area contributed by atoms with Crippen LogP contribution in [0.3, 0.4) is 0 Å². The number of nitrogens with one attached hydrogen (secondary N) is 1. The van der Waals surface area contributed by atoms with Crippen molar-refractivity contribution < 1.29 is 13.9 Å². The van der Waals surface area contributed by atoms with Crippen molar-refractivity contribution in [2.45, 2.75) is 32.4 Å². The Balaban J connectivity index is 1.81. The fraction of sp³-hybridized carbons (Fsp3) is 0.846. The maximum atomic E-state index is 5.67. The lowest BCUT2D eigenvalue weighted by molar-refractivity contribution is 0.115. The molecule has 1 fully saturated rings. The highest BCUT2D eigenvalue weighted by molar-refractivity contribution is 5.24. The Hall–Kier alpha value is -1.18. The second-order valence-electron chi connectivity index (χ2n) is 4.82. The van der Waals surface area contributed by atoms with E-state index in [2.05, 4.69) is 27.3 Å². The normalized spacial score (nSPS) is 18.6. The number of aromatic nitrogens is 2. The molecule has 0 bridgehead atoms. The van der Waals surface area contributed by atoms with Gasteiger partial charge in [0.2, 0.25) is 5.89 Å². The molecule has 0 aliphatic carbocycles. The molecule has 0 radical (unpaired) electrons. The van der Waals surface area contributed by atoms with Crippen LogP contribution in [-0.2, 0) is 16.0 Å². The Morgan fingerprint density at radius 3 is 3.05 bits per heavy atom. The van der Waals surface area contributed by atoms with Crippen LogP contribution < -0.4 is 10.2 Å². The van der Waals surface area contributed by atoms with Crippen LogP contribution in [0.15, 0.2) is 4.42 Å². The van der Waals surface area contributed by atoms with Crippen LogP contribution in [0.5, 0.6) is 0 Å². The minimum atomic E-state index is 0.283. The van der Waals surface area contributed by atoms with Crippen molar-refractivity contribution in [3.05, 3.63) is 5.89 Å². The number of methoxy groups -OCH3 is 1. The van der Waals surface area contributed by atoms with Crippen molar-refractivity contribution in [3.63, 3.8) is 0 Å². The lowest BCUT2D eigenvalue weighted by Crippen LogP contribution is -2.32. The Kier molecular flexibility index (Phi) is 6.23. The van der Waals surface area contributed by atoms with E-state index in [1.165, 1.54) is 0 Å². The molecule has 0 saturated carbocycles. The van der Waals surface area contributed by atoms with E-state index in [1.807, 2.05) is 0 Å². The Bertz CT molecular complexity index is 379. The monoisotopic (exact) mass is 284 g/mol. The molecule has 20 heavy (non-hydrogen) atoms. The van der Waals surface area contributed by atoms with Crippen molar-refractivity contribution in [1.29, 1.82) is 0 Å². The summed E-state index contributed by atoms with van der Waals surface area (Å²) in [6, 6.07) is 0.576. The van der Waals surface area contributed by atoms with E-state index in [0.717, 1.165) is 39.1 Å². The minimum Gasteiger partial charge on any atom is -0.407 e. The zero-order valence-electron chi connectivity index (χ0n) is 12.3. The molecule has 1 aliphatic rings. The SMILES string of the molecule is CCN(CC1CCCO1)c1nnc(CNCCOC)o1. The van der Waals surface area contributed by atoms with Crippen molar-refractivity contribution in [2.24, 2.45) is 0 Å². The summed E-state index contributed by atoms with van der Waals surface area (Å²) in [5.41, 5.74) is 0. The average molecular weight is 284 g/mol. The predicted octanol–water partition coefficient (Wildman–Crippen LogP) is 0.811. The summed E-state index contributed by atoms with van der Waals surface area (Å²) in [6.45, 7) is 6.58. The van der Waals surface area contributed by atoms with E-state index in [9.17, 15) is 0 Å². The summed E-state index contributed by atoms with van der Waals surface area (Å²) < 4.78 is 16.3. The maximum Gasteiger partial charge on any atom is 0.318 e. The molecule has 2 heterocycles. The van der Waals surface area contributed by atoms with Gasteiger partial charge in [0.25, 0.3) is 0 Å². The van der Waals surface area contributed by atoms with Gasteiger partial charge < -0.3 is 24.1 Å². The number of likely N-dealkylation sites (N-methyl/N-ethyl adjacent to an activating group) is 1. The molecule has 7 heteroatoms. The van der Waals surface area contributed by atoms with Crippen LogP contribution in [0.4, 0.5) is 6.01 Å². The van der Waals surface area contributed by atoms with Crippen molar-refractivity contribution in [2.75, 3.05) is 44.9 Å². The third kappa shape index (κ3) is 4.43. The first-order valence-electron chi connectivity index (χ1n) is 7.22. The standard InChI is InChI=1S/C13H24N4O3/c1-3-17(10-11-5-4-7-19-11)13-16-15-12(20-13)9-14-6-8-18-2/h11,14H,3-10H2,1-2H3. The van der Waals surface area contributed by atoms with Crippen LogP contribution in [-0.4, -0.2) is 56.3 Å². The van der Waals surface area contributed by atoms with Gasteiger partial charge in [-0.25, -0.2) is 0 Å². The summed E-state index contributed by atoms with van der Waals surface area (Å²) in [5, 5.41) is 11.3. The van der Waals surface area contributed by atoms with E-state index in [0.29, 0.717) is 25.1 Å². The highest BCUT2D eigenvalue weighted by Gasteiger charge is 2.21. The molecule has 0 aromatic carbocycles. The quantitative estimate of drug-likeness (QED) is 0.673. The third-order valence-electron chi connectivity index (χ3n) is 3.32. The molecule has 1 unspecified atom stereocenters. The molecule has 1 aliphatic heterocycles. The fourth-order valence-corrected chi connectivity index (χ4v) is 2.19. The number of hydrogen-bond donors (Lipinski definition) is 1. The van der Waals surface area contributed by atoms with Gasteiger partial charge in [0, 0.05) is 33.4 Å². The van der Waals surface area contributed by atoms with Gasteiger partial charge in [-0.3, -0.25) is 0 Å². The van der Waals surface area contributed by atoms with E-state index in [1.54, 1.807) is 7.11 Å². The Morgan fingerprint density at radius 1 is 1.45 bits per heavy atom. The topological polar surface area (TPSA) is 72.7 Å². The summed E-state index contributed by atoms with van der Waals surface area (Å²) >= 11 is 0. The number of hydrogen-bond acceptors (Lipinski definition) is 7. The molecule has 1 aromatic heterocycles. The first-order valence-corrected chi connectivity index (χ1v) is 7.22. The molecule has 0 spiro atoms. The maximum absolute atomic E-state index is 5.67. The zero-order chi connectivity index (χ0) is 14.2. The van der Waals surface area contributed by atoms with Gasteiger partial charge in [-0.2, -0.15) is 0 Å². The lowest BCUT2D eigenvalue weighted by atomic mass is 10.2. The van der Waals surface area contributed by atoms with Crippen molar-refractivity contribution >= 4 is 6.01 Å². The number of rotatable bonds is 9. The molecule has 2 rings (SSSR count). The van der Waals surface area contributed by atoms with E-state index in [-0.39, 0.29) is 6.10 Å². The highest BCUT2D eigenvalue weighted by atomic mass is 16.5. The first kappa shape index (κ1) is 15.2. The summed E-state index contributed by atoms with van der Waals surface area (Å²) in [5.74, 6) is 0.599. The molecule has 1 saturated heterocycles. The van der Waals surface area contributed by atoms with Crippen LogP contribution in [0.25, 0.3) is 0 Å². The number of nitrogens with zero attached hydrogens (tertiary/aromatic N) is 3. The number of anilines is 1. The summed E-state index contributed by atoms with van der Waals surface area (Å²) in [4.78, 5) is 2.07. The molecule has 114 valence electrons. The summed E-state index contributed by atoms with van der Waals surface area (Å²) in [6.07, 6.45) is 2.53. The molecule has 7 nitrogen and oxygen atoms in total. The highest BCUT2D eigenvalue weighted by Crippen LogP contribution is 2.18. The average Bonchev–Trinajstić information content (AvgIpc) is 3.12. The second-order valence-corrected chi connectivity index (χ2v) is 4.82. The third-order valence-corrected chi connectivity index (χ3v) is 3.32. The van der Waals surface area contributed by atoms with Crippen LogP contribution in [0.2, 0.25) is 0 Å². The van der Waals surface area contributed by atoms with Gasteiger partial charge >= 0.3 is 6.01 Å². The van der Waals surface area contributed by atoms with Gasteiger partial charge in [-0.05, 0) is 19.8 Å². The molecule has 1 atom stereocenters. The van der Waals surface area contributed by atoms with Gasteiger partial charge in [0.15, 0.2) is 0 Å². The Morgan fingerprint density at radius 2 is 2.35 bits per heavy atom. The zero-order valence-corrected chi connectivity index (χ0v) is 12.3. The van der Waals surface area contributed by atoms with Gasteiger partial charge in [-0.1, -0.05) is 5.10 Å². The Labute approximate surface area is 119 Å². The second kappa shape index (κ2) is 8.18. The summed E-state index contributed by atoms with van der Waals surface area (Å²) in [7, 11) is 1.68. The molecular formula is C13H24N4O3. The molecule has 1 aromatic rings. The smallest absolute Gasteiger partial charge is 0.318 e. The predicted molar refractivity (Wildman–Crippen MR) is 74.7 cm³/mol. The lowest BCUT2D eigenvalue weighted by Gasteiger charge is -2.21. The molecule has 0 amide bonds. The van der Waals surface area contributed by atoms with Crippen molar-refractivity contribution in [3.8, 4) is 0 Å².